The molecule has 0 radical (unpaired) electrons. The van der Waals surface area contributed by atoms with E-state index in [0.29, 0.717) is 17.0 Å². The third-order valence-corrected chi connectivity index (χ3v) is 2.58. The number of rotatable bonds is 3. The van der Waals surface area contributed by atoms with Gasteiger partial charge in [0.05, 0.1) is 5.69 Å². The number of nitrogens with zero attached hydrogens (tertiary/aromatic N) is 2. The van der Waals surface area contributed by atoms with Crippen molar-refractivity contribution < 1.29 is 9.13 Å². The van der Waals surface area contributed by atoms with E-state index in [1.165, 1.54) is 12.3 Å². The molecule has 2 aromatic heterocycles. The van der Waals surface area contributed by atoms with E-state index in [4.69, 9.17) is 4.74 Å². The van der Waals surface area contributed by atoms with Gasteiger partial charge in [-0.3, -0.25) is 5.10 Å². The normalized spacial score (nSPS) is 10.4. The molecule has 1 aromatic carbocycles. The van der Waals surface area contributed by atoms with Gasteiger partial charge in [-0.1, -0.05) is 18.2 Å². The molecule has 0 unspecified atom stereocenters. The number of aromatic nitrogens is 3. The third-order valence-electron chi connectivity index (χ3n) is 2.58. The fourth-order valence-electron chi connectivity index (χ4n) is 1.66. The molecule has 4 nitrogen and oxygen atoms in total. The first kappa shape index (κ1) is 11.4. The number of nitrogens with one attached hydrogen (secondary N) is 1. The van der Waals surface area contributed by atoms with E-state index in [-0.39, 0.29) is 5.88 Å². The Morgan fingerprint density at radius 2 is 1.95 bits per heavy atom. The molecule has 0 aliphatic rings. The highest BCUT2D eigenvalue weighted by Crippen LogP contribution is 2.25. The molecular weight excluding hydrogens is 245 g/mol. The standard InChI is InChI=1S/C14H10FN3O/c15-12-8-10(13-6-7-17-18-13)9-16-14(12)19-11-4-2-1-3-5-11/h1-9H,(H,17,18). The lowest BCUT2D eigenvalue weighted by molar-refractivity contribution is 0.423. The molecule has 19 heavy (non-hydrogen) atoms. The second-order valence-corrected chi connectivity index (χ2v) is 3.90. The number of benzene rings is 1. The van der Waals surface area contributed by atoms with Crippen molar-refractivity contribution in [1.29, 1.82) is 0 Å². The number of H-pyrrole nitrogens is 1. The molecule has 0 aliphatic heterocycles. The minimum absolute atomic E-state index is 0.0468. The van der Waals surface area contributed by atoms with Crippen molar-refractivity contribution in [1.82, 2.24) is 15.2 Å². The molecule has 3 aromatic rings. The van der Waals surface area contributed by atoms with Crippen molar-refractivity contribution >= 4 is 0 Å². The van der Waals surface area contributed by atoms with E-state index in [9.17, 15) is 4.39 Å². The lowest BCUT2D eigenvalue weighted by atomic mass is 10.2. The largest absolute Gasteiger partial charge is 0.436 e. The smallest absolute Gasteiger partial charge is 0.255 e. The van der Waals surface area contributed by atoms with Crippen LogP contribution in [-0.4, -0.2) is 15.2 Å². The molecular formula is C14H10FN3O. The van der Waals surface area contributed by atoms with Crippen LogP contribution >= 0.6 is 0 Å². The summed E-state index contributed by atoms with van der Waals surface area (Å²) >= 11 is 0. The predicted molar refractivity (Wildman–Crippen MR) is 68.3 cm³/mol. The summed E-state index contributed by atoms with van der Waals surface area (Å²) in [5.41, 5.74) is 1.33. The van der Waals surface area contributed by atoms with Crippen molar-refractivity contribution in [3.05, 3.63) is 60.7 Å². The predicted octanol–water partition coefficient (Wildman–Crippen LogP) is 3.40. The summed E-state index contributed by atoms with van der Waals surface area (Å²) in [6, 6.07) is 12.1. The Bertz CT molecular complexity index is 668. The zero-order chi connectivity index (χ0) is 13.1. The first-order valence-electron chi connectivity index (χ1n) is 5.71. The number of ether oxygens (including phenoxy) is 1. The van der Waals surface area contributed by atoms with Gasteiger partial charge in [0.15, 0.2) is 5.82 Å². The Kier molecular flexibility index (Phi) is 2.94. The van der Waals surface area contributed by atoms with Crippen molar-refractivity contribution in [2.24, 2.45) is 0 Å². The van der Waals surface area contributed by atoms with Crippen LogP contribution in [0.5, 0.6) is 11.6 Å². The summed E-state index contributed by atoms with van der Waals surface area (Å²) in [5.74, 6) is -0.0198. The zero-order valence-corrected chi connectivity index (χ0v) is 9.88. The topological polar surface area (TPSA) is 50.8 Å². The number of hydrogen-bond donors (Lipinski definition) is 1. The van der Waals surface area contributed by atoms with E-state index in [1.54, 1.807) is 24.4 Å². The Balaban J connectivity index is 1.88. The first-order valence-corrected chi connectivity index (χ1v) is 5.71. The Labute approximate surface area is 108 Å². The fourth-order valence-corrected chi connectivity index (χ4v) is 1.66. The van der Waals surface area contributed by atoms with Crippen molar-refractivity contribution in [3.63, 3.8) is 0 Å². The summed E-state index contributed by atoms with van der Waals surface area (Å²) in [6.45, 7) is 0. The average Bonchev–Trinajstić information content (AvgIpc) is 2.96. The average molecular weight is 255 g/mol. The van der Waals surface area contributed by atoms with Crippen LogP contribution in [0, 0.1) is 5.82 Å². The Morgan fingerprint density at radius 3 is 2.63 bits per heavy atom. The molecule has 0 saturated carbocycles. The molecule has 0 aliphatic carbocycles. The number of hydrogen-bond acceptors (Lipinski definition) is 3. The minimum Gasteiger partial charge on any atom is -0.436 e. The maximum absolute atomic E-state index is 13.9. The van der Waals surface area contributed by atoms with Crippen LogP contribution in [0.2, 0.25) is 0 Å². The van der Waals surface area contributed by atoms with Gasteiger partial charge in [-0.05, 0) is 24.3 Å². The molecule has 1 N–H and O–H groups in total. The van der Waals surface area contributed by atoms with Gasteiger partial charge in [-0.25, -0.2) is 9.37 Å². The summed E-state index contributed by atoms with van der Waals surface area (Å²) in [6.07, 6.45) is 3.14. The second kappa shape index (κ2) is 4.89. The van der Waals surface area contributed by atoms with Gasteiger partial charge in [0.1, 0.15) is 5.75 Å². The van der Waals surface area contributed by atoms with Crippen LogP contribution in [0.1, 0.15) is 0 Å². The molecule has 5 heteroatoms. The molecule has 0 spiro atoms. The van der Waals surface area contributed by atoms with Crippen LogP contribution in [-0.2, 0) is 0 Å². The monoisotopic (exact) mass is 255 g/mol. The lowest BCUT2D eigenvalue weighted by Gasteiger charge is -2.06. The van der Waals surface area contributed by atoms with E-state index in [1.807, 2.05) is 18.2 Å². The summed E-state index contributed by atoms with van der Waals surface area (Å²) in [5, 5.41) is 6.56. The van der Waals surface area contributed by atoms with Gasteiger partial charge in [0, 0.05) is 18.0 Å². The molecule has 94 valence electrons. The van der Waals surface area contributed by atoms with Crippen molar-refractivity contribution in [2.45, 2.75) is 0 Å². The number of para-hydroxylation sites is 1. The van der Waals surface area contributed by atoms with Gasteiger partial charge in [-0.15, -0.1) is 0 Å². The van der Waals surface area contributed by atoms with Crippen LogP contribution < -0.4 is 4.74 Å². The number of pyridine rings is 1. The van der Waals surface area contributed by atoms with E-state index in [0.717, 1.165) is 0 Å². The highest BCUT2D eigenvalue weighted by molar-refractivity contribution is 5.57. The molecule has 0 fully saturated rings. The van der Waals surface area contributed by atoms with Crippen LogP contribution in [0.4, 0.5) is 4.39 Å². The van der Waals surface area contributed by atoms with Gasteiger partial charge >= 0.3 is 0 Å². The SMILES string of the molecule is Fc1cc(-c2ccn[nH]2)cnc1Oc1ccccc1. The van der Waals surface area contributed by atoms with E-state index in [2.05, 4.69) is 15.2 Å². The quantitative estimate of drug-likeness (QED) is 0.780. The molecule has 0 bridgehead atoms. The summed E-state index contributed by atoms with van der Waals surface area (Å²) in [4.78, 5) is 3.98. The summed E-state index contributed by atoms with van der Waals surface area (Å²) < 4.78 is 19.3. The third kappa shape index (κ3) is 2.44. The fraction of sp³-hybridized carbons (Fsp3) is 0. The molecule has 3 rings (SSSR count). The van der Waals surface area contributed by atoms with Crippen LogP contribution in [0.25, 0.3) is 11.3 Å². The molecule has 2 heterocycles. The van der Waals surface area contributed by atoms with Crippen molar-refractivity contribution in [3.8, 4) is 22.9 Å². The highest BCUT2D eigenvalue weighted by Gasteiger charge is 2.09. The zero-order valence-electron chi connectivity index (χ0n) is 9.88. The van der Waals surface area contributed by atoms with E-state index < -0.39 is 5.82 Å². The molecule has 0 saturated heterocycles. The minimum atomic E-state index is -0.518. The first-order chi connectivity index (χ1) is 9.33. The van der Waals surface area contributed by atoms with Gasteiger partial charge in [0.2, 0.25) is 0 Å². The number of halogens is 1. The maximum atomic E-state index is 13.9. The molecule has 0 amide bonds. The van der Waals surface area contributed by atoms with Crippen LogP contribution in [0.15, 0.2) is 54.9 Å². The van der Waals surface area contributed by atoms with Crippen molar-refractivity contribution in [2.75, 3.05) is 0 Å². The van der Waals surface area contributed by atoms with Gasteiger partial charge < -0.3 is 4.74 Å². The van der Waals surface area contributed by atoms with Crippen LogP contribution in [0.3, 0.4) is 0 Å². The van der Waals surface area contributed by atoms with Gasteiger partial charge in [-0.2, -0.15) is 5.10 Å². The summed E-state index contributed by atoms with van der Waals surface area (Å²) in [7, 11) is 0. The van der Waals surface area contributed by atoms with E-state index >= 15 is 0 Å². The highest BCUT2D eigenvalue weighted by atomic mass is 19.1. The Hall–Kier alpha value is -2.69. The Morgan fingerprint density at radius 1 is 1.11 bits per heavy atom. The van der Waals surface area contributed by atoms with Gasteiger partial charge in [0.25, 0.3) is 5.88 Å². The second-order valence-electron chi connectivity index (χ2n) is 3.90. The molecule has 0 atom stereocenters. The number of aromatic amines is 1. The maximum Gasteiger partial charge on any atom is 0.255 e. The lowest BCUT2D eigenvalue weighted by Crippen LogP contribution is -1.93.